The van der Waals surface area contributed by atoms with E-state index in [1.165, 1.54) is 0 Å². The number of hydrogen-bond acceptors (Lipinski definition) is 4. The van der Waals surface area contributed by atoms with Crippen molar-refractivity contribution in [3.63, 3.8) is 0 Å². The summed E-state index contributed by atoms with van der Waals surface area (Å²) in [5.41, 5.74) is 0. The van der Waals surface area contributed by atoms with Crippen molar-refractivity contribution in [1.82, 2.24) is 0 Å². The fraction of sp³-hybridized carbons (Fsp3) is 1.00. The van der Waals surface area contributed by atoms with Crippen LogP contribution in [-0.2, 0) is 15.2 Å². The summed E-state index contributed by atoms with van der Waals surface area (Å²) in [6.07, 6.45) is 2.08. The molecular weight excluding hydrogens is 168 g/mol. The maximum absolute atomic E-state index is 10.1. The Hall–Kier alpha value is -0.130. The van der Waals surface area contributed by atoms with Crippen molar-refractivity contribution in [1.29, 1.82) is 0 Å². The van der Waals surface area contributed by atoms with Gasteiger partial charge < -0.3 is 5.11 Å². The normalized spacial score (nSPS) is 32.5. The highest BCUT2D eigenvalue weighted by molar-refractivity contribution is 7.67. The van der Waals surface area contributed by atoms with Gasteiger partial charge in [-0.15, -0.1) is 0 Å². The molecule has 11 heavy (non-hydrogen) atoms. The topological polar surface area (TPSA) is 63.6 Å². The molecule has 2 unspecified atom stereocenters. The van der Waals surface area contributed by atoms with Gasteiger partial charge in [0.1, 0.15) is 6.10 Å². The third-order valence-corrected chi connectivity index (χ3v) is 2.33. The predicted molar refractivity (Wildman–Crippen MR) is 39.7 cm³/mol. The van der Waals surface area contributed by atoms with Crippen LogP contribution in [0, 0.1) is 0 Å². The summed E-state index contributed by atoms with van der Waals surface area (Å²) in [5, 5.41) is 9.23. The summed E-state index contributed by atoms with van der Waals surface area (Å²) in [6, 6.07) is 0. The Kier molecular flexibility index (Phi) is 3.29. The second kappa shape index (κ2) is 4.04. The molecule has 0 aliphatic heterocycles. The zero-order valence-electron chi connectivity index (χ0n) is 6.10. The van der Waals surface area contributed by atoms with Gasteiger partial charge in [-0.1, -0.05) is 12.8 Å². The fourth-order valence-corrected chi connectivity index (χ4v) is 1.78. The molecule has 1 rings (SSSR count). The number of thiol groups is 1. The molecule has 0 spiro atoms. The first-order valence-electron chi connectivity index (χ1n) is 3.69. The molecule has 1 aliphatic carbocycles. The Balaban J connectivity index is 2.41. The van der Waals surface area contributed by atoms with Crippen molar-refractivity contribution in [3.05, 3.63) is 0 Å². The van der Waals surface area contributed by atoms with Gasteiger partial charge >= 0.3 is 0 Å². The van der Waals surface area contributed by atoms with Crippen LogP contribution >= 0.6 is 0 Å². The molecule has 0 aromatic heterocycles. The molecule has 1 fully saturated rings. The van der Waals surface area contributed by atoms with Crippen molar-refractivity contribution in [2.45, 2.75) is 37.9 Å². The summed E-state index contributed by atoms with van der Waals surface area (Å²) in [7, 11) is -2.81. The van der Waals surface area contributed by atoms with E-state index in [0.717, 1.165) is 12.8 Å². The van der Waals surface area contributed by atoms with Crippen LogP contribution in [0.25, 0.3) is 0 Å². The monoisotopic (exact) mass is 180 g/mol. The van der Waals surface area contributed by atoms with E-state index in [9.17, 15) is 13.5 Å². The molecule has 0 saturated heterocycles. The standard InChI is InChI=1S/C6H12O4S/c7-5-3-1-2-4-6(5)10-11(8)9/h5-7,11H,1-4H2. The lowest BCUT2D eigenvalue weighted by atomic mass is 9.95. The first kappa shape index (κ1) is 8.96. The van der Waals surface area contributed by atoms with E-state index in [4.69, 9.17) is 0 Å². The van der Waals surface area contributed by atoms with Crippen LogP contribution in [-0.4, -0.2) is 25.7 Å². The van der Waals surface area contributed by atoms with Crippen molar-refractivity contribution in [2.24, 2.45) is 0 Å². The lowest BCUT2D eigenvalue weighted by Gasteiger charge is -2.24. The summed E-state index contributed by atoms with van der Waals surface area (Å²) in [6.45, 7) is 0. The Bertz CT molecular complexity index is 181. The lowest BCUT2D eigenvalue weighted by molar-refractivity contribution is 0.0131. The van der Waals surface area contributed by atoms with E-state index in [1.807, 2.05) is 0 Å². The minimum absolute atomic E-state index is 0.495. The number of rotatable bonds is 2. The quantitative estimate of drug-likeness (QED) is 0.579. The van der Waals surface area contributed by atoms with Crippen molar-refractivity contribution < 1.29 is 17.7 Å². The molecule has 5 heteroatoms. The van der Waals surface area contributed by atoms with Crippen LogP contribution in [0.5, 0.6) is 0 Å². The molecule has 66 valence electrons. The molecule has 1 saturated carbocycles. The van der Waals surface area contributed by atoms with Gasteiger partial charge in [-0.25, -0.2) is 8.42 Å². The van der Waals surface area contributed by atoms with Crippen LogP contribution in [0.4, 0.5) is 0 Å². The third kappa shape index (κ3) is 2.76. The minimum atomic E-state index is -2.81. The summed E-state index contributed by atoms with van der Waals surface area (Å²) in [4.78, 5) is 0. The smallest absolute Gasteiger partial charge is 0.257 e. The SMILES string of the molecule is O=[SH](=O)OC1CCCCC1O. The van der Waals surface area contributed by atoms with E-state index >= 15 is 0 Å². The van der Waals surface area contributed by atoms with Crippen LogP contribution in [0.15, 0.2) is 0 Å². The van der Waals surface area contributed by atoms with E-state index in [2.05, 4.69) is 4.18 Å². The number of aliphatic hydroxyl groups is 1. The zero-order valence-corrected chi connectivity index (χ0v) is 7.00. The van der Waals surface area contributed by atoms with E-state index in [-0.39, 0.29) is 0 Å². The predicted octanol–water partition coefficient (Wildman–Crippen LogP) is -0.167. The lowest BCUT2D eigenvalue weighted by Crippen LogP contribution is -2.31. The molecule has 0 bridgehead atoms. The first-order chi connectivity index (χ1) is 5.20. The van der Waals surface area contributed by atoms with Crippen molar-refractivity contribution in [3.8, 4) is 0 Å². The van der Waals surface area contributed by atoms with Gasteiger partial charge in [0.25, 0.3) is 11.0 Å². The van der Waals surface area contributed by atoms with Gasteiger partial charge in [-0.05, 0) is 12.8 Å². The molecule has 0 aromatic carbocycles. The molecule has 0 aromatic rings. The van der Waals surface area contributed by atoms with E-state index < -0.39 is 23.2 Å². The molecule has 0 amide bonds. The summed E-state index contributed by atoms with van der Waals surface area (Å²) in [5.74, 6) is 0. The average molecular weight is 180 g/mol. The largest absolute Gasteiger partial charge is 0.390 e. The Morgan fingerprint density at radius 1 is 1.27 bits per heavy atom. The fourth-order valence-electron chi connectivity index (χ4n) is 1.31. The maximum Gasteiger partial charge on any atom is 0.257 e. The van der Waals surface area contributed by atoms with Gasteiger partial charge in [0.15, 0.2) is 0 Å². The first-order valence-corrected chi connectivity index (χ1v) is 4.79. The highest BCUT2D eigenvalue weighted by Gasteiger charge is 2.24. The third-order valence-electron chi connectivity index (χ3n) is 1.89. The second-order valence-corrected chi connectivity index (χ2v) is 3.38. The Morgan fingerprint density at radius 2 is 1.91 bits per heavy atom. The average Bonchev–Trinajstić information content (AvgIpc) is 1.93. The van der Waals surface area contributed by atoms with Crippen LogP contribution in [0.2, 0.25) is 0 Å². The van der Waals surface area contributed by atoms with Crippen LogP contribution in [0.3, 0.4) is 0 Å². The molecule has 1 aliphatic rings. The Labute approximate surface area is 67.3 Å². The van der Waals surface area contributed by atoms with Crippen LogP contribution in [0.1, 0.15) is 25.7 Å². The summed E-state index contributed by atoms with van der Waals surface area (Å²) < 4.78 is 24.7. The van der Waals surface area contributed by atoms with E-state index in [0.29, 0.717) is 12.8 Å². The van der Waals surface area contributed by atoms with Crippen molar-refractivity contribution in [2.75, 3.05) is 0 Å². The molecule has 4 nitrogen and oxygen atoms in total. The Morgan fingerprint density at radius 3 is 2.45 bits per heavy atom. The maximum atomic E-state index is 10.1. The van der Waals surface area contributed by atoms with Gasteiger partial charge in [0, 0.05) is 0 Å². The van der Waals surface area contributed by atoms with Crippen LogP contribution < -0.4 is 0 Å². The zero-order chi connectivity index (χ0) is 8.27. The minimum Gasteiger partial charge on any atom is -0.390 e. The molecular formula is C6H12O4S. The summed E-state index contributed by atoms with van der Waals surface area (Å²) >= 11 is 0. The molecule has 2 atom stereocenters. The van der Waals surface area contributed by atoms with Crippen molar-refractivity contribution >= 4 is 11.0 Å². The number of aliphatic hydroxyl groups excluding tert-OH is 1. The molecule has 0 heterocycles. The van der Waals surface area contributed by atoms with E-state index in [1.54, 1.807) is 0 Å². The van der Waals surface area contributed by atoms with Gasteiger partial charge in [0.05, 0.1) is 6.10 Å². The number of hydrogen-bond donors (Lipinski definition) is 2. The van der Waals surface area contributed by atoms with Gasteiger partial charge in [-0.2, -0.15) is 0 Å². The highest BCUT2D eigenvalue weighted by Crippen LogP contribution is 2.20. The molecule has 0 radical (unpaired) electrons. The molecule has 1 N–H and O–H groups in total. The highest BCUT2D eigenvalue weighted by atomic mass is 32.2. The van der Waals surface area contributed by atoms with Gasteiger partial charge in [0.2, 0.25) is 0 Å². The second-order valence-electron chi connectivity index (χ2n) is 2.72. The van der Waals surface area contributed by atoms with Gasteiger partial charge in [-0.3, -0.25) is 4.18 Å².